The van der Waals surface area contributed by atoms with Gasteiger partial charge in [-0.15, -0.1) is 11.3 Å². The fourth-order valence-electron chi connectivity index (χ4n) is 7.29. The van der Waals surface area contributed by atoms with Crippen molar-refractivity contribution in [1.82, 2.24) is 0 Å². The van der Waals surface area contributed by atoms with Crippen molar-refractivity contribution in [3.8, 4) is 33.4 Å². The van der Waals surface area contributed by atoms with Gasteiger partial charge in [0.15, 0.2) is 0 Å². The van der Waals surface area contributed by atoms with E-state index < -0.39 is 0 Å². The van der Waals surface area contributed by atoms with Crippen LogP contribution in [-0.2, 0) is 0 Å². The average Bonchev–Trinajstić information content (AvgIpc) is 3.49. The minimum atomic E-state index is 0.517. The Balaban J connectivity index is 1.22. The highest BCUT2D eigenvalue weighted by Crippen LogP contribution is 2.45. The van der Waals surface area contributed by atoms with Gasteiger partial charge in [0.25, 0.3) is 0 Å². The van der Waals surface area contributed by atoms with Crippen molar-refractivity contribution in [3.05, 3.63) is 157 Å². The Morgan fingerprint density at radius 2 is 1.13 bits per heavy atom. The third-order valence-corrected chi connectivity index (χ3v) is 10.7. The first-order chi connectivity index (χ1) is 23.0. The summed E-state index contributed by atoms with van der Waals surface area (Å²) in [5.41, 5.74) is 8.86. The maximum Gasteiger partial charge on any atom is 0.0623 e. The summed E-state index contributed by atoms with van der Waals surface area (Å²) in [7, 11) is 0. The molecule has 0 N–H and O–H groups in total. The van der Waals surface area contributed by atoms with Crippen LogP contribution in [0.4, 0.5) is 0 Å². The molecule has 9 rings (SSSR count). The van der Waals surface area contributed by atoms with Crippen molar-refractivity contribution in [2.45, 2.75) is 19.8 Å². The third kappa shape index (κ3) is 4.27. The third-order valence-electron chi connectivity index (χ3n) is 9.58. The molecule has 0 amide bonds. The van der Waals surface area contributed by atoms with Gasteiger partial charge < -0.3 is 0 Å². The summed E-state index contributed by atoms with van der Waals surface area (Å²) in [4.78, 5) is 0. The Morgan fingerprint density at radius 3 is 1.83 bits per heavy atom. The molecule has 0 saturated carbocycles. The molecule has 0 unspecified atom stereocenters. The van der Waals surface area contributed by atoms with Gasteiger partial charge in [0.05, 0.1) is 1.37 Å². The molecular weight excluding hydrogens is 573 g/mol. The molecule has 1 heteroatoms. The molecule has 0 aliphatic rings. The molecular formula is C45H32S. The van der Waals surface area contributed by atoms with E-state index in [1.165, 1.54) is 80.7 Å². The predicted octanol–water partition coefficient (Wildman–Crippen LogP) is 13.6. The van der Waals surface area contributed by atoms with Crippen LogP contribution < -0.4 is 0 Å². The number of fused-ring (bicyclic) bond motifs is 6. The van der Waals surface area contributed by atoms with Crippen molar-refractivity contribution in [3.63, 3.8) is 0 Å². The smallest absolute Gasteiger partial charge is 0.0623 e. The summed E-state index contributed by atoms with van der Waals surface area (Å²) in [5, 5.41) is 9.94. The highest BCUT2D eigenvalue weighted by Gasteiger charge is 2.18. The summed E-state index contributed by atoms with van der Waals surface area (Å²) in [6.45, 7) is 4.53. The van der Waals surface area contributed by atoms with E-state index in [9.17, 15) is 0 Å². The van der Waals surface area contributed by atoms with Gasteiger partial charge in [-0.3, -0.25) is 0 Å². The van der Waals surface area contributed by atoms with E-state index >= 15 is 0 Å². The minimum Gasteiger partial charge on any atom is -0.135 e. The van der Waals surface area contributed by atoms with E-state index in [0.717, 1.165) is 10.8 Å². The van der Waals surface area contributed by atoms with Crippen LogP contribution in [-0.4, -0.2) is 0 Å². The van der Waals surface area contributed by atoms with Gasteiger partial charge in [-0.2, -0.15) is 0 Å². The largest absolute Gasteiger partial charge is 0.135 e. The van der Waals surface area contributed by atoms with E-state index in [2.05, 4.69) is 147 Å². The molecule has 0 fully saturated rings. The lowest BCUT2D eigenvalue weighted by Gasteiger charge is -2.18. The van der Waals surface area contributed by atoms with Crippen molar-refractivity contribution in [2.24, 2.45) is 0 Å². The van der Waals surface area contributed by atoms with E-state index in [1.807, 2.05) is 23.5 Å². The van der Waals surface area contributed by atoms with Gasteiger partial charge in [-0.25, -0.2) is 0 Å². The number of hydrogen-bond acceptors (Lipinski definition) is 1. The van der Waals surface area contributed by atoms with Crippen LogP contribution >= 0.6 is 11.3 Å². The van der Waals surface area contributed by atoms with Gasteiger partial charge >= 0.3 is 0 Å². The summed E-state index contributed by atoms with van der Waals surface area (Å²) in [5.74, 6) is 0.517. The molecule has 1 aromatic heterocycles. The van der Waals surface area contributed by atoms with Crippen LogP contribution in [0.25, 0.3) is 85.9 Å². The zero-order valence-electron chi connectivity index (χ0n) is 26.8. The minimum absolute atomic E-state index is 0.517. The van der Waals surface area contributed by atoms with Crippen molar-refractivity contribution in [2.75, 3.05) is 0 Å². The number of hydrogen-bond donors (Lipinski definition) is 0. The molecule has 218 valence electrons. The van der Waals surface area contributed by atoms with Crippen LogP contribution in [0.15, 0.2) is 152 Å². The first-order valence-electron chi connectivity index (χ1n) is 16.5. The first kappa shape index (κ1) is 26.0. The molecule has 0 nitrogen and oxygen atoms in total. The molecule has 0 aliphatic carbocycles. The van der Waals surface area contributed by atoms with Crippen LogP contribution in [0.2, 0.25) is 0 Å². The zero-order valence-corrected chi connectivity index (χ0v) is 26.7. The standard InChI is InChI=1S/C45H32S/c1-28(2)32-24-25-40-42(27-32)46-41-17-9-16-35(45(40)41)30-19-21-31(22-20-30)43-36-12-5-7-14-38(36)44(39-15-8-6-13-37(39)43)34-23-18-29-10-3-4-11-33(29)26-34/h3-28H,1-2H3/i3D. The highest BCUT2D eigenvalue weighted by molar-refractivity contribution is 7.26. The summed E-state index contributed by atoms with van der Waals surface area (Å²) >= 11 is 1.90. The lowest BCUT2D eigenvalue weighted by molar-refractivity contribution is 0.869. The second-order valence-electron chi connectivity index (χ2n) is 12.6. The van der Waals surface area contributed by atoms with E-state index in [-0.39, 0.29) is 0 Å². The number of rotatable bonds is 4. The molecule has 0 saturated heterocycles. The fourth-order valence-corrected chi connectivity index (χ4v) is 8.47. The molecule has 0 atom stereocenters. The topological polar surface area (TPSA) is 0 Å². The summed E-state index contributed by atoms with van der Waals surface area (Å²) in [6.07, 6.45) is 0. The molecule has 8 aromatic carbocycles. The monoisotopic (exact) mass is 605 g/mol. The Kier molecular flexibility index (Phi) is 6.05. The van der Waals surface area contributed by atoms with E-state index in [1.54, 1.807) is 0 Å². The van der Waals surface area contributed by atoms with Gasteiger partial charge in [0.2, 0.25) is 0 Å². The fraction of sp³-hybridized carbons (Fsp3) is 0.0667. The predicted molar refractivity (Wildman–Crippen MR) is 202 cm³/mol. The van der Waals surface area contributed by atoms with Gasteiger partial charge in [0.1, 0.15) is 0 Å². The molecule has 0 aliphatic heterocycles. The normalized spacial score (nSPS) is 12.2. The Hall–Kier alpha value is -5.24. The van der Waals surface area contributed by atoms with Crippen LogP contribution in [0.3, 0.4) is 0 Å². The van der Waals surface area contributed by atoms with Crippen LogP contribution in [0, 0.1) is 0 Å². The van der Waals surface area contributed by atoms with Gasteiger partial charge in [-0.05, 0) is 95.4 Å². The van der Waals surface area contributed by atoms with Crippen molar-refractivity contribution in [1.29, 1.82) is 0 Å². The van der Waals surface area contributed by atoms with E-state index in [0.29, 0.717) is 12.0 Å². The van der Waals surface area contributed by atoms with Crippen molar-refractivity contribution >= 4 is 63.8 Å². The highest BCUT2D eigenvalue weighted by atomic mass is 32.1. The van der Waals surface area contributed by atoms with Gasteiger partial charge in [0, 0.05) is 20.2 Å². The molecule has 0 radical (unpaired) electrons. The Morgan fingerprint density at radius 1 is 0.478 bits per heavy atom. The second kappa shape index (κ2) is 10.7. The Bertz CT molecular complexity index is 2600. The molecule has 46 heavy (non-hydrogen) atoms. The lowest BCUT2D eigenvalue weighted by atomic mass is 9.85. The molecule has 0 bridgehead atoms. The number of thiophene rings is 1. The average molecular weight is 606 g/mol. The summed E-state index contributed by atoms with van der Waals surface area (Å²) in [6, 6.07) is 53.7. The maximum absolute atomic E-state index is 8.06. The quantitative estimate of drug-likeness (QED) is 0.175. The first-order valence-corrected chi connectivity index (χ1v) is 16.9. The summed E-state index contributed by atoms with van der Waals surface area (Å²) < 4.78 is 10.8. The molecule has 9 aromatic rings. The van der Waals surface area contributed by atoms with Crippen molar-refractivity contribution < 1.29 is 1.37 Å². The lowest BCUT2D eigenvalue weighted by Crippen LogP contribution is -1.91. The van der Waals surface area contributed by atoms with Crippen LogP contribution in [0.5, 0.6) is 0 Å². The molecule has 0 spiro atoms. The zero-order chi connectivity index (χ0) is 31.6. The Labute approximate surface area is 274 Å². The van der Waals surface area contributed by atoms with Gasteiger partial charge in [-0.1, -0.05) is 147 Å². The number of benzene rings is 8. The SMILES string of the molecule is [2H]c1ccc2cc(-c3c4ccccc4c(-c4ccc(-c5cccc6sc7cc(C(C)C)ccc7c56)cc4)c4ccccc34)ccc2c1. The maximum atomic E-state index is 8.06. The molecule has 1 heterocycles. The van der Waals surface area contributed by atoms with Crippen LogP contribution in [0.1, 0.15) is 26.7 Å². The van der Waals surface area contributed by atoms with E-state index in [4.69, 9.17) is 1.37 Å². The second-order valence-corrected chi connectivity index (χ2v) is 13.7.